The third-order valence-electron chi connectivity index (χ3n) is 4.13. The number of nitrogens with zero attached hydrogens (tertiary/aromatic N) is 2. The van der Waals surface area contributed by atoms with Crippen LogP contribution in [-0.4, -0.2) is 37.4 Å². The number of aromatic nitrogens is 2. The molecule has 3 rings (SSSR count). The SMILES string of the molecule is COc1ccc(-c2noc(CCC(=O)Nc3cc(OC)c(Cl)cc3OC)n2)cc1. The zero-order valence-electron chi connectivity index (χ0n) is 16.2. The largest absolute Gasteiger partial charge is 0.497 e. The van der Waals surface area contributed by atoms with Crippen LogP contribution in [0, 0.1) is 0 Å². The van der Waals surface area contributed by atoms with Crippen LogP contribution in [0.25, 0.3) is 11.4 Å². The van der Waals surface area contributed by atoms with Crippen LogP contribution in [0.1, 0.15) is 12.3 Å². The number of rotatable bonds is 8. The van der Waals surface area contributed by atoms with E-state index in [0.29, 0.717) is 40.3 Å². The molecule has 0 saturated carbocycles. The summed E-state index contributed by atoms with van der Waals surface area (Å²) in [6, 6.07) is 10.5. The van der Waals surface area contributed by atoms with Gasteiger partial charge in [0, 0.05) is 30.5 Å². The molecule has 0 bridgehead atoms. The fraction of sp³-hybridized carbons (Fsp3) is 0.250. The van der Waals surface area contributed by atoms with Crippen molar-refractivity contribution in [2.45, 2.75) is 12.8 Å². The predicted molar refractivity (Wildman–Crippen MR) is 108 cm³/mol. The average Bonchev–Trinajstić information content (AvgIpc) is 3.22. The van der Waals surface area contributed by atoms with Crippen molar-refractivity contribution in [1.29, 1.82) is 0 Å². The maximum atomic E-state index is 12.3. The third kappa shape index (κ3) is 4.97. The quantitative estimate of drug-likeness (QED) is 0.592. The van der Waals surface area contributed by atoms with Crippen molar-refractivity contribution in [3.63, 3.8) is 0 Å². The number of halogens is 1. The fourth-order valence-corrected chi connectivity index (χ4v) is 2.84. The van der Waals surface area contributed by atoms with Gasteiger partial charge in [0.15, 0.2) is 0 Å². The molecule has 1 amide bonds. The monoisotopic (exact) mass is 417 g/mol. The summed E-state index contributed by atoms with van der Waals surface area (Å²) in [6.07, 6.45) is 0.445. The van der Waals surface area contributed by atoms with Gasteiger partial charge in [-0.15, -0.1) is 0 Å². The van der Waals surface area contributed by atoms with E-state index < -0.39 is 0 Å². The summed E-state index contributed by atoms with van der Waals surface area (Å²) < 4.78 is 20.8. The third-order valence-corrected chi connectivity index (χ3v) is 4.43. The van der Waals surface area contributed by atoms with E-state index in [4.69, 9.17) is 30.3 Å². The molecule has 0 aliphatic carbocycles. The van der Waals surface area contributed by atoms with Gasteiger partial charge >= 0.3 is 0 Å². The molecule has 0 aliphatic rings. The predicted octanol–water partition coefficient (Wildman–Crippen LogP) is 3.99. The Labute approximate surface area is 172 Å². The molecule has 0 saturated heterocycles. The summed E-state index contributed by atoms with van der Waals surface area (Å²) >= 11 is 6.08. The molecule has 152 valence electrons. The molecule has 3 aromatic rings. The van der Waals surface area contributed by atoms with Crippen molar-refractivity contribution in [3.8, 4) is 28.6 Å². The second-order valence-electron chi connectivity index (χ2n) is 5.98. The molecule has 1 N–H and O–H groups in total. The van der Waals surface area contributed by atoms with E-state index in [1.54, 1.807) is 19.2 Å². The lowest BCUT2D eigenvalue weighted by atomic mass is 10.2. The van der Waals surface area contributed by atoms with Crippen LogP contribution in [0.2, 0.25) is 5.02 Å². The number of methoxy groups -OCH3 is 3. The highest BCUT2D eigenvalue weighted by Crippen LogP contribution is 2.35. The first-order valence-electron chi connectivity index (χ1n) is 8.72. The number of ether oxygens (including phenoxy) is 3. The number of hydrogen-bond donors (Lipinski definition) is 1. The summed E-state index contributed by atoms with van der Waals surface area (Å²) in [5, 5.41) is 7.12. The van der Waals surface area contributed by atoms with E-state index in [-0.39, 0.29) is 12.3 Å². The van der Waals surface area contributed by atoms with E-state index >= 15 is 0 Å². The van der Waals surface area contributed by atoms with Gasteiger partial charge in [0.25, 0.3) is 0 Å². The second kappa shape index (κ2) is 9.29. The van der Waals surface area contributed by atoms with E-state index in [9.17, 15) is 4.79 Å². The highest BCUT2D eigenvalue weighted by molar-refractivity contribution is 6.32. The lowest BCUT2D eigenvalue weighted by Crippen LogP contribution is -2.13. The Kier molecular flexibility index (Phi) is 6.56. The molecular weight excluding hydrogens is 398 g/mol. The van der Waals surface area contributed by atoms with Crippen LogP contribution < -0.4 is 19.5 Å². The minimum atomic E-state index is -0.239. The maximum Gasteiger partial charge on any atom is 0.227 e. The molecule has 0 radical (unpaired) electrons. The molecule has 8 nitrogen and oxygen atoms in total. The molecule has 0 spiro atoms. The summed E-state index contributed by atoms with van der Waals surface area (Å²) in [5.41, 5.74) is 1.26. The van der Waals surface area contributed by atoms with E-state index in [0.717, 1.165) is 11.3 Å². The van der Waals surface area contributed by atoms with Crippen molar-refractivity contribution in [3.05, 3.63) is 47.3 Å². The first-order chi connectivity index (χ1) is 14.0. The van der Waals surface area contributed by atoms with E-state index in [2.05, 4.69) is 15.5 Å². The first-order valence-corrected chi connectivity index (χ1v) is 9.10. The lowest BCUT2D eigenvalue weighted by molar-refractivity contribution is -0.116. The minimum absolute atomic E-state index is 0.151. The fourth-order valence-electron chi connectivity index (χ4n) is 2.61. The Morgan fingerprint density at radius 3 is 2.45 bits per heavy atom. The number of nitrogens with one attached hydrogen (secondary N) is 1. The van der Waals surface area contributed by atoms with Gasteiger partial charge in [0.1, 0.15) is 17.2 Å². The molecule has 0 fully saturated rings. The smallest absolute Gasteiger partial charge is 0.227 e. The summed E-state index contributed by atoms with van der Waals surface area (Å²) in [6.45, 7) is 0. The Morgan fingerprint density at radius 1 is 1.07 bits per heavy atom. The molecule has 1 heterocycles. The van der Waals surface area contributed by atoms with Gasteiger partial charge in [-0.3, -0.25) is 4.79 Å². The lowest BCUT2D eigenvalue weighted by Gasteiger charge is -2.12. The van der Waals surface area contributed by atoms with Crippen molar-refractivity contribution in [1.82, 2.24) is 10.1 Å². The van der Waals surface area contributed by atoms with Gasteiger partial charge < -0.3 is 24.1 Å². The molecule has 2 aromatic carbocycles. The van der Waals surface area contributed by atoms with Gasteiger partial charge in [0.2, 0.25) is 17.6 Å². The summed E-state index contributed by atoms with van der Waals surface area (Å²) in [7, 11) is 4.59. The van der Waals surface area contributed by atoms with Crippen LogP contribution in [0.3, 0.4) is 0 Å². The second-order valence-corrected chi connectivity index (χ2v) is 6.38. The van der Waals surface area contributed by atoms with Crippen LogP contribution in [0.5, 0.6) is 17.2 Å². The van der Waals surface area contributed by atoms with E-state index in [1.165, 1.54) is 14.2 Å². The minimum Gasteiger partial charge on any atom is -0.497 e. The van der Waals surface area contributed by atoms with Gasteiger partial charge in [0.05, 0.1) is 32.0 Å². The topological polar surface area (TPSA) is 95.7 Å². The van der Waals surface area contributed by atoms with Crippen molar-refractivity contribution in [2.75, 3.05) is 26.6 Å². The number of carbonyl (C=O) groups is 1. The number of hydrogen-bond acceptors (Lipinski definition) is 7. The highest BCUT2D eigenvalue weighted by atomic mass is 35.5. The van der Waals surface area contributed by atoms with Crippen LogP contribution >= 0.6 is 11.6 Å². The van der Waals surface area contributed by atoms with Gasteiger partial charge in [-0.25, -0.2) is 0 Å². The molecule has 0 atom stereocenters. The van der Waals surface area contributed by atoms with Crippen molar-refractivity contribution < 1.29 is 23.5 Å². The molecule has 9 heteroatoms. The number of carbonyl (C=O) groups excluding carboxylic acids is 1. The number of amides is 1. The standard InChI is InChI=1S/C20H20ClN3O5/c1-26-13-6-4-12(5-7-13)20-23-19(29-24-20)9-8-18(25)22-15-11-16(27-2)14(21)10-17(15)28-3/h4-7,10-11H,8-9H2,1-3H3,(H,22,25). The van der Waals surface area contributed by atoms with Gasteiger partial charge in [-0.2, -0.15) is 4.98 Å². The zero-order valence-corrected chi connectivity index (χ0v) is 16.9. The Morgan fingerprint density at radius 2 is 1.79 bits per heavy atom. The van der Waals surface area contributed by atoms with Crippen molar-refractivity contribution >= 4 is 23.2 Å². The average molecular weight is 418 g/mol. The number of aryl methyl sites for hydroxylation is 1. The number of anilines is 1. The van der Waals surface area contributed by atoms with Gasteiger partial charge in [-0.1, -0.05) is 16.8 Å². The number of benzene rings is 2. The first kappa shape index (κ1) is 20.5. The highest BCUT2D eigenvalue weighted by Gasteiger charge is 2.14. The molecule has 0 unspecified atom stereocenters. The molecule has 1 aromatic heterocycles. The van der Waals surface area contributed by atoms with Crippen molar-refractivity contribution in [2.24, 2.45) is 0 Å². The molecular formula is C20H20ClN3O5. The van der Waals surface area contributed by atoms with Gasteiger partial charge in [-0.05, 0) is 24.3 Å². The summed E-state index contributed by atoms with van der Waals surface area (Å²) in [4.78, 5) is 16.7. The normalized spacial score (nSPS) is 10.5. The zero-order chi connectivity index (χ0) is 20.8. The Balaban J connectivity index is 1.62. The van der Waals surface area contributed by atoms with Crippen LogP contribution in [0.15, 0.2) is 40.9 Å². The van der Waals surface area contributed by atoms with E-state index in [1.807, 2.05) is 24.3 Å². The van der Waals surface area contributed by atoms with Crippen LogP contribution in [0.4, 0.5) is 5.69 Å². The molecule has 0 aliphatic heterocycles. The Bertz CT molecular complexity index is 988. The summed E-state index contributed by atoms with van der Waals surface area (Å²) in [5.74, 6) is 2.19. The Hall–Kier alpha value is -3.26. The molecule has 29 heavy (non-hydrogen) atoms. The maximum absolute atomic E-state index is 12.3. The van der Waals surface area contributed by atoms with Crippen LogP contribution in [-0.2, 0) is 11.2 Å².